The number of oxazole rings is 1. The van der Waals surface area contributed by atoms with Crippen molar-refractivity contribution < 1.29 is 26.4 Å². The van der Waals surface area contributed by atoms with Crippen molar-refractivity contribution in [1.29, 1.82) is 5.26 Å². The maximum Gasteiger partial charge on any atom is 0.227 e. The summed E-state index contributed by atoms with van der Waals surface area (Å²) in [5.41, 5.74) is 1.43. The van der Waals surface area contributed by atoms with Gasteiger partial charge in [-0.25, -0.2) is 22.2 Å². The van der Waals surface area contributed by atoms with Crippen molar-refractivity contribution in [2.24, 2.45) is 5.92 Å². The van der Waals surface area contributed by atoms with Gasteiger partial charge in [-0.3, -0.25) is 4.79 Å². The van der Waals surface area contributed by atoms with E-state index in [9.17, 15) is 27.3 Å². The van der Waals surface area contributed by atoms with E-state index in [-0.39, 0.29) is 34.8 Å². The number of carbonyl (C=O) groups is 1. The van der Waals surface area contributed by atoms with Gasteiger partial charge in [0.15, 0.2) is 9.84 Å². The van der Waals surface area contributed by atoms with E-state index < -0.39 is 32.9 Å². The molecule has 1 saturated heterocycles. The Balaban J connectivity index is 1.37. The molecule has 0 radical (unpaired) electrons. The molecule has 0 bridgehead atoms. The van der Waals surface area contributed by atoms with Crippen LogP contribution in [0.2, 0.25) is 0 Å². The fourth-order valence-electron chi connectivity index (χ4n) is 5.87. The first-order chi connectivity index (χ1) is 19.7. The van der Waals surface area contributed by atoms with Gasteiger partial charge in [-0.2, -0.15) is 5.26 Å². The Kier molecular flexibility index (Phi) is 7.06. The molecule has 11 heteroatoms. The quantitative estimate of drug-likeness (QED) is 0.438. The van der Waals surface area contributed by atoms with E-state index in [0.717, 1.165) is 36.7 Å². The third kappa shape index (κ3) is 5.71. The zero-order valence-corrected chi connectivity index (χ0v) is 23.2. The summed E-state index contributed by atoms with van der Waals surface area (Å²) in [6, 6.07) is 12.8. The van der Waals surface area contributed by atoms with Gasteiger partial charge in [0.25, 0.3) is 0 Å². The van der Waals surface area contributed by atoms with Gasteiger partial charge in [-0.05, 0) is 49.9 Å². The van der Waals surface area contributed by atoms with Crippen molar-refractivity contribution in [2.75, 3.05) is 29.5 Å². The van der Waals surface area contributed by atoms with Gasteiger partial charge in [0.2, 0.25) is 11.8 Å². The van der Waals surface area contributed by atoms with E-state index in [1.54, 1.807) is 0 Å². The Labute approximate surface area is 237 Å². The summed E-state index contributed by atoms with van der Waals surface area (Å²) in [6.45, 7) is 0.824. The number of hydrogen-bond acceptors (Lipinski definition) is 7. The normalized spacial score (nSPS) is 23.0. The van der Waals surface area contributed by atoms with Crippen LogP contribution in [0.5, 0.6) is 0 Å². The third-order valence-electron chi connectivity index (χ3n) is 8.38. The lowest BCUT2D eigenvalue weighted by molar-refractivity contribution is -0.127. The molecular formula is C30H30F2N4O4S. The molecule has 2 heterocycles. The smallest absolute Gasteiger partial charge is 0.227 e. The fraction of sp³-hybridized carbons (Fsp3) is 0.433. The molecular weight excluding hydrogens is 550 g/mol. The Morgan fingerprint density at radius 1 is 1.02 bits per heavy atom. The molecule has 1 N–H and O–H groups in total. The Bertz CT molecular complexity index is 1590. The van der Waals surface area contributed by atoms with Crippen LogP contribution in [0, 0.1) is 28.9 Å². The summed E-state index contributed by atoms with van der Waals surface area (Å²) in [7, 11) is -3.01. The number of anilines is 1. The van der Waals surface area contributed by atoms with E-state index in [2.05, 4.69) is 16.4 Å². The van der Waals surface area contributed by atoms with Crippen LogP contribution in [0.25, 0.3) is 22.7 Å². The minimum absolute atomic E-state index is 0.0548. The fourth-order valence-corrected chi connectivity index (χ4v) is 7.07. The number of benzene rings is 2. The Hall–Kier alpha value is -3.78. The van der Waals surface area contributed by atoms with Crippen LogP contribution in [0.4, 0.5) is 14.5 Å². The second-order valence-corrected chi connectivity index (χ2v) is 13.6. The van der Waals surface area contributed by atoms with Gasteiger partial charge >= 0.3 is 0 Å². The molecule has 41 heavy (non-hydrogen) atoms. The largest absolute Gasteiger partial charge is 0.440 e. The predicted octanol–water partition coefficient (Wildman–Crippen LogP) is 4.97. The van der Waals surface area contributed by atoms with Crippen molar-refractivity contribution in [3.8, 4) is 28.8 Å². The van der Waals surface area contributed by atoms with Crippen LogP contribution in [-0.2, 0) is 14.6 Å². The summed E-state index contributed by atoms with van der Waals surface area (Å²) in [5.74, 6) is -1.73. The minimum Gasteiger partial charge on any atom is -0.440 e. The highest BCUT2D eigenvalue weighted by Crippen LogP contribution is 2.45. The number of aromatic nitrogens is 1. The number of rotatable bonds is 6. The number of nitrogens with zero attached hydrogens (tertiary/aromatic N) is 3. The van der Waals surface area contributed by atoms with Crippen LogP contribution in [0.1, 0.15) is 50.2 Å². The number of hydrogen-bond donors (Lipinski definition) is 1. The lowest BCUT2D eigenvalue weighted by Crippen LogP contribution is -2.42. The third-order valence-corrected chi connectivity index (χ3v) is 9.99. The molecule has 3 aliphatic rings. The standard InChI is InChI=1S/C30H30F2N4O4S/c31-21-15-20(16-22(32)17-21)29-34-26(19-5-7-23(8-6-19)36-11-13-41(38,39)14-12-36)27(40-29)24-3-1-2-4-25(24)28(37)35-30(18-33)9-10-30/h5-8,15-17,24-25H,1-4,9-14H2,(H,35,37)/t24-,25-/m1/s1. The van der Waals surface area contributed by atoms with Gasteiger partial charge in [-0.1, -0.05) is 25.0 Å². The van der Waals surface area contributed by atoms with E-state index in [4.69, 9.17) is 4.42 Å². The zero-order valence-electron chi connectivity index (χ0n) is 22.4. The van der Waals surface area contributed by atoms with Crippen molar-refractivity contribution >= 4 is 21.4 Å². The van der Waals surface area contributed by atoms with Crippen LogP contribution in [0.15, 0.2) is 46.9 Å². The van der Waals surface area contributed by atoms with Gasteiger partial charge < -0.3 is 14.6 Å². The molecule has 2 saturated carbocycles. The summed E-state index contributed by atoms with van der Waals surface area (Å²) in [6.07, 6.45) is 4.28. The predicted molar refractivity (Wildman–Crippen MR) is 149 cm³/mol. The van der Waals surface area contributed by atoms with Crippen molar-refractivity contribution in [3.05, 3.63) is 59.9 Å². The van der Waals surface area contributed by atoms with Crippen LogP contribution >= 0.6 is 0 Å². The first-order valence-electron chi connectivity index (χ1n) is 13.9. The van der Waals surface area contributed by atoms with Crippen LogP contribution in [0.3, 0.4) is 0 Å². The summed E-state index contributed by atoms with van der Waals surface area (Å²) < 4.78 is 58.2. The second-order valence-electron chi connectivity index (χ2n) is 11.3. The Morgan fingerprint density at radius 3 is 2.32 bits per heavy atom. The molecule has 1 aromatic heterocycles. The molecule has 3 fully saturated rings. The molecule has 1 amide bonds. The van der Waals surface area contributed by atoms with E-state index >= 15 is 0 Å². The number of nitrogens with one attached hydrogen (secondary N) is 1. The minimum atomic E-state index is -3.01. The van der Waals surface area contributed by atoms with Crippen LogP contribution in [-0.4, -0.2) is 49.4 Å². The van der Waals surface area contributed by atoms with E-state index in [1.807, 2.05) is 29.2 Å². The van der Waals surface area contributed by atoms with E-state index in [0.29, 0.717) is 55.8 Å². The van der Waals surface area contributed by atoms with E-state index in [1.165, 1.54) is 0 Å². The molecule has 0 unspecified atom stereocenters. The molecule has 214 valence electrons. The van der Waals surface area contributed by atoms with Crippen molar-refractivity contribution in [1.82, 2.24) is 10.3 Å². The highest BCUT2D eigenvalue weighted by molar-refractivity contribution is 7.91. The number of sulfone groups is 1. The first kappa shape index (κ1) is 27.4. The number of halogens is 2. The van der Waals surface area contributed by atoms with Crippen molar-refractivity contribution in [2.45, 2.75) is 50.0 Å². The maximum absolute atomic E-state index is 14.1. The van der Waals surface area contributed by atoms with Crippen molar-refractivity contribution in [3.63, 3.8) is 0 Å². The summed E-state index contributed by atoms with van der Waals surface area (Å²) in [4.78, 5) is 20.1. The van der Waals surface area contributed by atoms with Gasteiger partial charge in [0.05, 0.1) is 17.6 Å². The molecule has 0 spiro atoms. The van der Waals surface area contributed by atoms with Gasteiger partial charge in [-0.15, -0.1) is 0 Å². The highest BCUT2D eigenvalue weighted by atomic mass is 32.2. The molecule has 2 aromatic carbocycles. The molecule has 2 atom stereocenters. The Morgan fingerprint density at radius 2 is 1.68 bits per heavy atom. The molecule has 1 aliphatic heterocycles. The highest BCUT2D eigenvalue weighted by Gasteiger charge is 2.47. The average molecular weight is 581 g/mol. The number of nitriles is 1. The SMILES string of the molecule is N#CC1(NC(=O)[C@@H]2CCCC[C@H]2c2oc(-c3cc(F)cc(F)c3)nc2-c2ccc(N3CCS(=O)(=O)CC3)cc2)CC1. The molecule has 3 aromatic rings. The summed E-state index contributed by atoms with van der Waals surface area (Å²) in [5, 5.41) is 12.4. The number of carbonyl (C=O) groups excluding carboxylic acids is 1. The van der Waals surface area contributed by atoms with Gasteiger partial charge in [0, 0.05) is 47.8 Å². The summed E-state index contributed by atoms with van der Waals surface area (Å²) >= 11 is 0. The monoisotopic (exact) mass is 580 g/mol. The lowest BCUT2D eigenvalue weighted by Gasteiger charge is -2.30. The molecule has 6 rings (SSSR count). The maximum atomic E-state index is 14.1. The topological polar surface area (TPSA) is 116 Å². The lowest BCUT2D eigenvalue weighted by atomic mass is 9.76. The molecule has 2 aliphatic carbocycles. The second kappa shape index (κ2) is 10.6. The van der Waals surface area contributed by atoms with Gasteiger partial charge in [0.1, 0.15) is 28.6 Å². The molecule has 8 nitrogen and oxygen atoms in total. The number of amides is 1. The first-order valence-corrected chi connectivity index (χ1v) is 15.7. The average Bonchev–Trinajstić information content (AvgIpc) is 3.59. The van der Waals surface area contributed by atoms with Crippen LogP contribution < -0.4 is 10.2 Å². The zero-order chi connectivity index (χ0) is 28.8.